The number of carbonyl (C=O) groups excluding carboxylic acids is 1. The van der Waals surface area contributed by atoms with Gasteiger partial charge in [0, 0.05) is 5.69 Å². The molecule has 1 unspecified atom stereocenters. The van der Waals surface area contributed by atoms with E-state index in [1.54, 1.807) is 6.92 Å². The molecule has 0 heterocycles. The third kappa shape index (κ3) is 3.45. The second-order valence-corrected chi connectivity index (χ2v) is 4.69. The molecule has 2 N–H and O–H groups in total. The van der Waals surface area contributed by atoms with Crippen molar-refractivity contribution in [3.8, 4) is 6.07 Å². The summed E-state index contributed by atoms with van der Waals surface area (Å²) in [4.78, 5) is 12.0. The van der Waals surface area contributed by atoms with Gasteiger partial charge in [0.1, 0.15) is 5.41 Å². The molecule has 1 rings (SSSR count). The second-order valence-electron chi connectivity index (χ2n) is 4.69. The molecule has 0 bridgehead atoms. The Bertz CT molecular complexity index is 579. The third-order valence-electron chi connectivity index (χ3n) is 3.13. The number of esters is 1. The fourth-order valence-electron chi connectivity index (χ4n) is 1.97. The lowest BCUT2D eigenvalue weighted by molar-refractivity contribution is -0.149. The number of ether oxygens (including phenoxy) is 1. The van der Waals surface area contributed by atoms with E-state index < -0.39 is 23.1 Å². The number of nitrogens with zero attached hydrogens (tertiary/aromatic N) is 1. The number of nitrogens with two attached hydrogens (primary N) is 1. The zero-order valence-corrected chi connectivity index (χ0v) is 11.6. The molecular weight excluding hydrogens is 285 g/mol. The first-order chi connectivity index (χ1) is 9.66. The van der Waals surface area contributed by atoms with Crippen molar-refractivity contribution in [2.75, 3.05) is 12.3 Å². The minimum atomic E-state index is -4.53. The highest BCUT2D eigenvalue weighted by molar-refractivity contribution is 5.85. The highest BCUT2D eigenvalue weighted by Gasteiger charge is 2.39. The standard InChI is InChI=1S/C14H15F3N2O2/c1-3-21-12(20)13(2,6-7-18)10-5-4-9(8-11(10)19)14(15,16)17/h4-5,8H,3,6,19H2,1-2H3. The van der Waals surface area contributed by atoms with Crippen LogP contribution in [-0.2, 0) is 21.1 Å². The molecule has 0 aliphatic carbocycles. The van der Waals surface area contributed by atoms with Gasteiger partial charge in [-0.15, -0.1) is 0 Å². The zero-order valence-electron chi connectivity index (χ0n) is 11.6. The molecule has 0 amide bonds. The van der Waals surface area contributed by atoms with Gasteiger partial charge in [-0.2, -0.15) is 18.4 Å². The number of nitrogen functional groups attached to an aromatic ring is 1. The van der Waals surface area contributed by atoms with Crippen molar-refractivity contribution < 1.29 is 22.7 Å². The first-order valence-corrected chi connectivity index (χ1v) is 6.18. The van der Waals surface area contributed by atoms with Crippen LogP contribution < -0.4 is 5.73 Å². The number of alkyl halides is 3. The van der Waals surface area contributed by atoms with Gasteiger partial charge in [-0.3, -0.25) is 4.79 Å². The molecule has 0 fully saturated rings. The maximum Gasteiger partial charge on any atom is 0.416 e. The number of hydrogen-bond donors (Lipinski definition) is 1. The van der Waals surface area contributed by atoms with Gasteiger partial charge in [0.05, 0.1) is 24.7 Å². The first-order valence-electron chi connectivity index (χ1n) is 6.18. The van der Waals surface area contributed by atoms with E-state index in [2.05, 4.69) is 0 Å². The van der Waals surface area contributed by atoms with Crippen molar-refractivity contribution in [1.82, 2.24) is 0 Å². The Morgan fingerprint density at radius 3 is 2.48 bits per heavy atom. The smallest absolute Gasteiger partial charge is 0.416 e. The van der Waals surface area contributed by atoms with E-state index in [9.17, 15) is 18.0 Å². The Balaban J connectivity index is 3.34. The molecule has 0 spiro atoms. The number of rotatable bonds is 4. The molecular formula is C14H15F3N2O2. The first kappa shape index (κ1) is 16.8. The quantitative estimate of drug-likeness (QED) is 0.685. The van der Waals surface area contributed by atoms with Crippen LogP contribution in [0.25, 0.3) is 0 Å². The minimum Gasteiger partial charge on any atom is -0.465 e. The summed E-state index contributed by atoms with van der Waals surface area (Å²) in [6, 6.07) is 4.55. The van der Waals surface area contributed by atoms with Crippen LogP contribution in [0.5, 0.6) is 0 Å². The van der Waals surface area contributed by atoms with Crippen LogP contribution in [0.1, 0.15) is 31.4 Å². The van der Waals surface area contributed by atoms with E-state index in [1.807, 2.05) is 6.07 Å². The van der Waals surface area contributed by atoms with Crippen molar-refractivity contribution in [3.63, 3.8) is 0 Å². The molecule has 114 valence electrons. The SMILES string of the molecule is CCOC(=O)C(C)(CC#N)c1ccc(C(F)(F)F)cc1N. The maximum absolute atomic E-state index is 12.6. The fraction of sp³-hybridized carbons (Fsp3) is 0.429. The van der Waals surface area contributed by atoms with Gasteiger partial charge in [-0.05, 0) is 31.5 Å². The molecule has 0 aliphatic rings. The van der Waals surface area contributed by atoms with Crippen molar-refractivity contribution in [2.24, 2.45) is 0 Å². The Kier molecular flexibility index (Phi) is 4.84. The molecule has 0 aromatic heterocycles. The molecule has 0 aliphatic heterocycles. The summed E-state index contributed by atoms with van der Waals surface area (Å²) in [5, 5.41) is 8.88. The minimum absolute atomic E-state index is 0.0976. The van der Waals surface area contributed by atoms with E-state index in [4.69, 9.17) is 15.7 Å². The lowest BCUT2D eigenvalue weighted by Gasteiger charge is -2.27. The van der Waals surface area contributed by atoms with Crippen LogP contribution in [-0.4, -0.2) is 12.6 Å². The van der Waals surface area contributed by atoms with Gasteiger partial charge in [0.25, 0.3) is 0 Å². The number of hydrogen-bond acceptors (Lipinski definition) is 4. The summed E-state index contributed by atoms with van der Waals surface area (Å²) in [5.41, 5.74) is 3.29. The summed E-state index contributed by atoms with van der Waals surface area (Å²) in [7, 11) is 0. The van der Waals surface area contributed by atoms with E-state index in [1.165, 1.54) is 6.92 Å². The number of nitriles is 1. The van der Waals surface area contributed by atoms with E-state index >= 15 is 0 Å². The predicted octanol–water partition coefficient (Wildman–Crippen LogP) is 3.02. The van der Waals surface area contributed by atoms with Crippen LogP contribution in [0, 0.1) is 11.3 Å². The number of halogens is 3. The number of carbonyl (C=O) groups is 1. The van der Waals surface area contributed by atoms with Crippen LogP contribution in [0.15, 0.2) is 18.2 Å². The van der Waals surface area contributed by atoms with Crippen LogP contribution in [0.4, 0.5) is 18.9 Å². The summed E-state index contributed by atoms with van der Waals surface area (Å²) in [5.74, 6) is -0.696. The highest BCUT2D eigenvalue weighted by Crippen LogP contribution is 2.37. The summed E-state index contributed by atoms with van der Waals surface area (Å²) < 4.78 is 42.8. The van der Waals surface area contributed by atoms with Crippen LogP contribution in [0.2, 0.25) is 0 Å². The van der Waals surface area contributed by atoms with Gasteiger partial charge in [-0.1, -0.05) is 6.07 Å². The lowest BCUT2D eigenvalue weighted by Crippen LogP contribution is -2.35. The molecule has 1 atom stereocenters. The molecule has 21 heavy (non-hydrogen) atoms. The molecule has 0 radical (unpaired) electrons. The van der Waals surface area contributed by atoms with E-state index in [-0.39, 0.29) is 24.3 Å². The molecule has 1 aromatic rings. The largest absolute Gasteiger partial charge is 0.465 e. The van der Waals surface area contributed by atoms with Crippen molar-refractivity contribution >= 4 is 11.7 Å². The monoisotopic (exact) mass is 300 g/mol. The van der Waals surface area contributed by atoms with E-state index in [0.29, 0.717) is 0 Å². The number of anilines is 1. The van der Waals surface area contributed by atoms with Gasteiger partial charge >= 0.3 is 12.1 Å². The Morgan fingerprint density at radius 2 is 2.05 bits per heavy atom. The average Bonchev–Trinajstić information content (AvgIpc) is 2.37. The predicted molar refractivity (Wildman–Crippen MR) is 70.1 cm³/mol. The van der Waals surface area contributed by atoms with Crippen molar-refractivity contribution in [1.29, 1.82) is 5.26 Å². The molecule has 0 saturated heterocycles. The normalized spacial score (nSPS) is 14.1. The van der Waals surface area contributed by atoms with Crippen molar-refractivity contribution in [3.05, 3.63) is 29.3 Å². The molecule has 7 heteroatoms. The van der Waals surface area contributed by atoms with Gasteiger partial charge in [0.2, 0.25) is 0 Å². The van der Waals surface area contributed by atoms with Gasteiger partial charge < -0.3 is 10.5 Å². The maximum atomic E-state index is 12.6. The van der Waals surface area contributed by atoms with E-state index in [0.717, 1.165) is 18.2 Å². The summed E-state index contributed by atoms with van der Waals surface area (Å²) >= 11 is 0. The molecule has 1 aromatic carbocycles. The third-order valence-corrected chi connectivity index (χ3v) is 3.13. The van der Waals surface area contributed by atoms with Crippen LogP contribution >= 0.6 is 0 Å². The summed E-state index contributed by atoms with van der Waals surface area (Å²) in [6.07, 6.45) is -4.77. The molecule has 4 nitrogen and oxygen atoms in total. The lowest BCUT2D eigenvalue weighted by atomic mass is 9.78. The van der Waals surface area contributed by atoms with Gasteiger partial charge in [0.15, 0.2) is 0 Å². The Morgan fingerprint density at radius 1 is 1.43 bits per heavy atom. The topological polar surface area (TPSA) is 76.1 Å². The Labute approximate surface area is 120 Å². The van der Waals surface area contributed by atoms with Crippen LogP contribution in [0.3, 0.4) is 0 Å². The zero-order chi connectivity index (χ0) is 16.3. The van der Waals surface area contributed by atoms with Gasteiger partial charge in [-0.25, -0.2) is 0 Å². The second kappa shape index (κ2) is 6.04. The highest BCUT2D eigenvalue weighted by atomic mass is 19.4. The average molecular weight is 300 g/mol. The number of benzene rings is 1. The molecule has 0 saturated carbocycles. The summed E-state index contributed by atoms with van der Waals surface area (Å²) in [6.45, 7) is 3.12. The van der Waals surface area contributed by atoms with Crippen molar-refractivity contribution in [2.45, 2.75) is 31.9 Å². The fourth-order valence-corrected chi connectivity index (χ4v) is 1.97. The Hall–Kier alpha value is -2.23.